The standard InChI is InChI=1S/C11H19N3/c1-4-6-10(9-14(3)5-2)11-7-12-13-8-11/h4,6-8,10H,5,9H2,1-3H3,(H,12,13)/b6-4-. The second-order valence-electron chi connectivity index (χ2n) is 3.52. The minimum atomic E-state index is 0.448. The molecule has 1 rings (SSSR count). The number of hydrogen-bond donors (Lipinski definition) is 1. The van der Waals surface area contributed by atoms with E-state index in [1.165, 1.54) is 5.56 Å². The van der Waals surface area contributed by atoms with E-state index in [1.807, 2.05) is 12.4 Å². The molecule has 0 bridgehead atoms. The summed E-state index contributed by atoms with van der Waals surface area (Å²) < 4.78 is 0. The normalized spacial score (nSPS) is 14.0. The molecule has 0 aliphatic carbocycles. The third-order valence-corrected chi connectivity index (χ3v) is 2.42. The smallest absolute Gasteiger partial charge is 0.0525 e. The zero-order chi connectivity index (χ0) is 10.4. The Morgan fingerprint density at radius 3 is 2.93 bits per heavy atom. The number of likely N-dealkylation sites (N-methyl/N-ethyl adjacent to an activating group) is 1. The van der Waals surface area contributed by atoms with Crippen molar-refractivity contribution in [3.8, 4) is 0 Å². The van der Waals surface area contributed by atoms with Gasteiger partial charge < -0.3 is 4.90 Å². The molecule has 3 heteroatoms. The average molecular weight is 193 g/mol. The lowest BCUT2D eigenvalue weighted by atomic mass is 10.0. The van der Waals surface area contributed by atoms with Gasteiger partial charge in [0.2, 0.25) is 0 Å². The largest absolute Gasteiger partial charge is 0.306 e. The number of aromatic nitrogens is 2. The van der Waals surface area contributed by atoms with Gasteiger partial charge in [-0.05, 0) is 26.1 Å². The number of hydrogen-bond acceptors (Lipinski definition) is 2. The van der Waals surface area contributed by atoms with Crippen LogP contribution in [0.5, 0.6) is 0 Å². The minimum Gasteiger partial charge on any atom is -0.306 e. The van der Waals surface area contributed by atoms with E-state index in [-0.39, 0.29) is 0 Å². The molecule has 0 spiro atoms. The predicted molar refractivity (Wildman–Crippen MR) is 59.3 cm³/mol. The summed E-state index contributed by atoms with van der Waals surface area (Å²) in [6.45, 7) is 6.34. The number of nitrogens with zero attached hydrogens (tertiary/aromatic N) is 2. The third-order valence-electron chi connectivity index (χ3n) is 2.42. The molecule has 0 saturated carbocycles. The molecule has 1 aromatic heterocycles. The summed E-state index contributed by atoms with van der Waals surface area (Å²) in [7, 11) is 2.14. The number of rotatable bonds is 5. The van der Waals surface area contributed by atoms with Gasteiger partial charge in [-0.3, -0.25) is 5.10 Å². The second-order valence-corrected chi connectivity index (χ2v) is 3.52. The second kappa shape index (κ2) is 5.60. The molecule has 1 N–H and O–H groups in total. The van der Waals surface area contributed by atoms with E-state index in [9.17, 15) is 0 Å². The van der Waals surface area contributed by atoms with Gasteiger partial charge >= 0.3 is 0 Å². The lowest BCUT2D eigenvalue weighted by Crippen LogP contribution is -2.23. The molecule has 1 unspecified atom stereocenters. The Morgan fingerprint density at radius 2 is 2.43 bits per heavy atom. The van der Waals surface area contributed by atoms with Gasteiger partial charge in [0.05, 0.1) is 6.20 Å². The van der Waals surface area contributed by atoms with Gasteiger partial charge in [-0.2, -0.15) is 5.10 Å². The van der Waals surface area contributed by atoms with E-state index in [0.717, 1.165) is 13.1 Å². The Kier molecular flexibility index (Phi) is 4.40. The predicted octanol–water partition coefficient (Wildman–Crippen LogP) is 2.02. The first-order chi connectivity index (χ1) is 6.77. The highest BCUT2D eigenvalue weighted by atomic mass is 15.1. The Morgan fingerprint density at radius 1 is 1.64 bits per heavy atom. The van der Waals surface area contributed by atoms with Crippen LogP contribution in [-0.2, 0) is 0 Å². The summed E-state index contributed by atoms with van der Waals surface area (Å²) in [4.78, 5) is 2.30. The number of aromatic amines is 1. The summed E-state index contributed by atoms with van der Waals surface area (Å²) in [6.07, 6.45) is 8.18. The van der Waals surface area contributed by atoms with Crippen molar-refractivity contribution in [1.29, 1.82) is 0 Å². The number of allylic oxidation sites excluding steroid dienone is 1. The van der Waals surface area contributed by atoms with Gasteiger partial charge in [-0.25, -0.2) is 0 Å². The highest BCUT2D eigenvalue weighted by molar-refractivity contribution is 5.17. The van der Waals surface area contributed by atoms with E-state index in [4.69, 9.17) is 0 Å². The first-order valence-electron chi connectivity index (χ1n) is 5.08. The zero-order valence-corrected chi connectivity index (χ0v) is 9.20. The Bertz CT molecular complexity index is 264. The summed E-state index contributed by atoms with van der Waals surface area (Å²) >= 11 is 0. The van der Waals surface area contributed by atoms with Gasteiger partial charge in [0.1, 0.15) is 0 Å². The topological polar surface area (TPSA) is 31.9 Å². The number of H-pyrrole nitrogens is 1. The van der Waals surface area contributed by atoms with Crippen LogP contribution in [0, 0.1) is 0 Å². The molecule has 0 aliphatic heterocycles. The monoisotopic (exact) mass is 193 g/mol. The maximum absolute atomic E-state index is 3.98. The van der Waals surface area contributed by atoms with E-state index in [2.05, 4.69) is 48.1 Å². The van der Waals surface area contributed by atoms with Crippen LogP contribution in [0.3, 0.4) is 0 Å². The van der Waals surface area contributed by atoms with Crippen LogP contribution < -0.4 is 0 Å². The van der Waals surface area contributed by atoms with Crippen molar-refractivity contribution in [3.05, 3.63) is 30.1 Å². The molecule has 0 aromatic carbocycles. The fraction of sp³-hybridized carbons (Fsp3) is 0.545. The van der Waals surface area contributed by atoms with Gasteiger partial charge in [-0.15, -0.1) is 0 Å². The fourth-order valence-corrected chi connectivity index (χ4v) is 1.44. The van der Waals surface area contributed by atoms with Crippen LogP contribution in [0.1, 0.15) is 25.3 Å². The van der Waals surface area contributed by atoms with E-state index in [0.29, 0.717) is 5.92 Å². The average Bonchev–Trinajstić information content (AvgIpc) is 2.69. The van der Waals surface area contributed by atoms with Crippen LogP contribution in [0.2, 0.25) is 0 Å². The van der Waals surface area contributed by atoms with Crippen molar-refractivity contribution < 1.29 is 0 Å². The van der Waals surface area contributed by atoms with Crippen LogP contribution in [-0.4, -0.2) is 35.2 Å². The van der Waals surface area contributed by atoms with Crippen LogP contribution in [0.4, 0.5) is 0 Å². The van der Waals surface area contributed by atoms with Crippen LogP contribution in [0.15, 0.2) is 24.5 Å². The lowest BCUT2D eigenvalue weighted by molar-refractivity contribution is 0.343. The molecule has 78 valence electrons. The SMILES string of the molecule is C/C=C\C(CN(C)CC)c1cn[nH]c1. The first-order valence-corrected chi connectivity index (χ1v) is 5.08. The molecule has 3 nitrogen and oxygen atoms in total. The highest BCUT2D eigenvalue weighted by Gasteiger charge is 2.10. The molecule has 1 atom stereocenters. The molecular weight excluding hydrogens is 174 g/mol. The van der Waals surface area contributed by atoms with Crippen LogP contribution >= 0.6 is 0 Å². The molecule has 0 fully saturated rings. The lowest BCUT2D eigenvalue weighted by Gasteiger charge is -2.19. The van der Waals surface area contributed by atoms with Crippen molar-refractivity contribution >= 4 is 0 Å². The quantitative estimate of drug-likeness (QED) is 0.725. The molecule has 0 aliphatic rings. The molecule has 0 amide bonds. The molecule has 1 heterocycles. The Hall–Kier alpha value is -1.09. The van der Waals surface area contributed by atoms with Gasteiger partial charge in [0, 0.05) is 18.7 Å². The molecular formula is C11H19N3. The van der Waals surface area contributed by atoms with E-state index >= 15 is 0 Å². The molecule has 0 saturated heterocycles. The van der Waals surface area contributed by atoms with Gasteiger partial charge in [0.15, 0.2) is 0 Å². The zero-order valence-electron chi connectivity index (χ0n) is 9.20. The van der Waals surface area contributed by atoms with Crippen molar-refractivity contribution in [1.82, 2.24) is 15.1 Å². The minimum absolute atomic E-state index is 0.448. The molecule has 14 heavy (non-hydrogen) atoms. The molecule has 0 radical (unpaired) electrons. The Labute approximate surface area is 85.8 Å². The summed E-state index contributed by atoms with van der Waals surface area (Å²) in [5.41, 5.74) is 1.25. The highest BCUT2D eigenvalue weighted by Crippen LogP contribution is 2.16. The van der Waals surface area contributed by atoms with Crippen molar-refractivity contribution in [2.24, 2.45) is 0 Å². The van der Waals surface area contributed by atoms with Gasteiger partial charge in [0.25, 0.3) is 0 Å². The summed E-state index contributed by atoms with van der Waals surface area (Å²) in [5.74, 6) is 0.448. The summed E-state index contributed by atoms with van der Waals surface area (Å²) in [5, 5.41) is 6.84. The molecule has 1 aromatic rings. The van der Waals surface area contributed by atoms with Crippen molar-refractivity contribution in [2.45, 2.75) is 19.8 Å². The third kappa shape index (κ3) is 3.00. The Balaban J connectivity index is 2.65. The fourth-order valence-electron chi connectivity index (χ4n) is 1.44. The van der Waals surface area contributed by atoms with Crippen molar-refractivity contribution in [2.75, 3.05) is 20.1 Å². The number of nitrogens with one attached hydrogen (secondary N) is 1. The maximum Gasteiger partial charge on any atom is 0.0525 e. The maximum atomic E-state index is 3.98. The summed E-state index contributed by atoms with van der Waals surface area (Å²) in [6, 6.07) is 0. The van der Waals surface area contributed by atoms with E-state index < -0.39 is 0 Å². The van der Waals surface area contributed by atoms with Crippen molar-refractivity contribution in [3.63, 3.8) is 0 Å². The van der Waals surface area contributed by atoms with Gasteiger partial charge in [-0.1, -0.05) is 19.1 Å². The van der Waals surface area contributed by atoms with E-state index in [1.54, 1.807) is 0 Å². The first kappa shape index (κ1) is 11.0. The van der Waals surface area contributed by atoms with Crippen LogP contribution in [0.25, 0.3) is 0 Å².